The van der Waals surface area contributed by atoms with Crippen LogP contribution >= 0.6 is 15.9 Å². The molecular weight excluding hydrogens is 469 g/mol. The molecule has 4 fully saturated rings. The van der Waals surface area contributed by atoms with Crippen molar-refractivity contribution in [3.63, 3.8) is 0 Å². The van der Waals surface area contributed by atoms with Gasteiger partial charge in [0.1, 0.15) is 12.4 Å². The van der Waals surface area contributed by atoms with Crippen molar-refractivity contribution >= 4 is 15.9 Å². The second-order valence-electron chi connectivity index (χ2n) is 10.4. The second-order valence-corrected chi connectivity index (χ2v) is 11.3. The smallest absolute Gasteiger partial charge is 0.175 e. The molecule has 0 unspecified atom stereocenters. The minimum absolute atomic E-state index is 0.243. The van der Waals surface area contributed by atoms with Crippen LogP contribution in [0.5, 0.6) is 11.5 Å². The fraction of sp³-hybridized carbons (Fsp3) is 0.556. The molecule has 3 nitrogen and oxygen atoms in total. The molecule has 172 valence electrons. The zero-order valence-corrected chi connectivity index (χ0v) is 20.6. The molecule has 4 bridgehead atoms. The monoisotopic (exact) mass is 501 g/mol. The summed E-state index contributed by atoms with van der Waals surface area (Å²) in [7, 11) is 1.67. The quantitative estimate of drug-likeness (QED) is 0.427. The van der Waals surface area contributed by atoms with Gasteiger partial charge in [0.25, 0.3) is 0 Å². The van der Waals surface area contributed by atoms with E-state index in [9.17, 15) is 4.39 Å². The van der Waals surface area contributed by atoms with Gasteiger partial charge in [-0.25, -0.2) is 4.39 Å². The van der Waals surface area contributed by atoms with Crippen LogP contribution in [0.4, 0.5) is 4.39 Å². The highest BCUT2D eigenvalue weighted by molar-refractivity contribution is 9.10. The molecule has 0 amide bonds. The highest BCUT2D eigenvalue weighted by Gasteiger charge is 2.52. The highest BCUT2D eigenvalue weighted by atomic mass is 79.9. The number of methoxy groups -OCH3 is 1. The molecule has 1 N–H and O–H groups in total. The van der Waals surface area contributed by atoms with Crippen molar-refractivity contribution < 1.29 is 13.9 Å². The molecule has 5 heteroatoms. The zero-order chi connectivity index (χ0) is 22.3. The maximum absolute atomic E-state index is 13.1. The van der Waals surface area contributed by atoms with E-state index in [4.69, 9.17) is 9.47 Å². The van der Waals surface area contributed by atoms with Gasteiger partial charge in [-0.05, 0) is 120 Å². The van der Waals surface area contributed by atoms with E-state index in [2.05, 4.69) is 40.3 Å². The Morgan fingerprint density at radius 2 is 1.66 bits per heavy atom. The summed E-state index contributed by atoms with van der Waals surface area (Å²) in [6.07, 6.45) is 8.68. The SMILES string of the molecule is COc1cc(CN[C@H](C)C23CC4CC(CC(C4)C2)C3)cc(Br)c1OCc1ccc(F)cc1. The van der Waals surface area contributed by atoms with E-state index < -0.39 is 0 Å². The van der Waals surface area contributed by atoms with Crippen LogP contribution in [0.3, 0.4) is 0 Å². The molecule has 4 saturated carbocycles. The third-order valence-corrected chi connectivity index (χ3v) is 8.79. The number of rotatable bonds is 8. The third-order valence-electron chi connectivity index (χ3n) is 8.20. The predicted molar refractivity (Wildman–Crippen MR) is 128 cm³/mol. The average molecular weight is 502 g/mol. The Kier molecular flexibility index (Phi) is 6.23. The fourth-order valence-electron chi connectivity index (χ4n) is 6.95. The zero-order valence-electron chi connectivity index (χ0n) is 19.0. The molecule has 1 atom stereocenters. The van der Waals surface area contributed by atoms with Crippen LogP contribution in [0.25, 0.3) is 0 Å². The van der Waals surface area contributed by atoms with Gasteiger partial charge in [-0.15, -0.1) is 0 Å². The maximum atomic E-state index is 13.1. The van der Waals surface area contributed by atoms with Crippen LogP contribution in [-0.4, -0.2) is 13.2 Å². The number of halogens is 2. The van der Waals surface area contributed by atoms with E-state index in [1.54, 1.807) is 19.2 Å². The first-order chi connectivity index (χ1) is 15.4. The standard InChI is InChI=1S/C27H33BrFNO2/c1-17(27-12-19-7-20(13-27)9-21(8-19)14-27)30-15-22-10-24(28)26(25(11-22)31-2)32-16-18-3-5-23(29)6-4-18/h3-6,10-11,17,19-21,30H,7-9,12-16H2,1-2H3/t17-,19?,20?,21?,27?/m1/s1. The lowest BCUT2D eigenvalue weighted by Crippen LogP contribution is -2.54. The lowest BCUT2D eigenvalue weighted by Gasteiger charge is -2.59. The molecule has 4 aliphatic rings. The van der Waals surface area contributed by atoms with Gasteiger partial charge in [-0.2, -0.15) is 0 Å². The first-order valence-corrected chi connectivity index (χ1v) is 12.7. The molecule has 0 aromatic heterocycles. The molecule has 4 aliphatic carbocycles. The van der Waals surface area contributed by atoms with E-state index in [1.807, 2.05) is 0 Å². The van der Waals surface area contributed by atoms with Gasteiger partial charge < -0.3 is 14.8 Å². The second kappa shape index (κ2) is 8.98. The van der Waals surface area contributed by atoms with Crippen molar-refractivity contribution in [2.24, 2.45) is 23.2 Å². The van der Waals surface area contributed by atoms with Gasteiger partial charge in [-0.3, -0.25) is 0 Å². The van der Waals surface area contributed by atoms with Crippen molar-refractivity contribution in [3.8, 4) is 11.5 Å². The van der Waals surface area contributed by atoms with Gasteiger partial charge in [0, 0.05) is 12.6 Å². The van der Waals surface area contributed by atoms with Crippen LogP contribution in [0, 0.1) is 29.0 Å². The molecule has 0 heterocycles. The molecule has 6 rings (SSSR count). The number of hydrogen-bond acceptors (Lipinski definition) is 3. The molecule has 0 radical (unpaired) electrons. The third kappa shape index (κ3) is 4.43. The van der Waals surface area contributed by atoms with Crippen molar-refractivity contribution in [2.45, 2.75) is 64.6 Å². The van der Waals surface area contributed by atoms with Crippen LogP contribution in [0.2, 0.25) is 0 Å². The van der Waals surface area contributed by atoms with Gasteiger partial charge in [0.15, 0.2) is 11.5 Å². The average Bonchev–Trinajstić information content (AvgIpc) is 2.76. The van der Waals surface area contributed by atoms with Crippen LogP contribution in [0.1, 0.15) is 56.6 Å². The fourth-order valence-corrected chi connectivity index (χ4v) is 7.55. The Labute approximate surface area is 199 Å². The summed E-state index contributed by atoms with van der Waals surface area (Å²) in [6, 6.07) is 11.1. The summed E-state index contributed by atoms with van der Waals surface area (Å²) in [5.41, 5.74) is 2.59. The van der Waals surface area contributed by atoms with Crippen LogP contribution < -0.4 is 14.8 Å². The summed E-state index contributed by atoms with van der Waals surface area (Å²) < 4.78 is 25.7. The van der Waals surface area contributed by atoms with Crippen molar-refractivity contribution in [3.05, 3.63) is 57.8 Å². The van der Waals surface area contributed by atoms with Crippen molar-refractivity contribution in [1.29, 1.82) is 0 Å². The largest absolute Gasteiger partial charge is 0.493 e. The molecule has 0 aliphatic heterocycles. The topological polar surface area (TPSA) is 30.5 Å². The minimum atomic E-state index is -0.243. The van der Waals surface area contributed by atoms with E-state index in [0.717, 1.165) is 34.3 Å². The summed E-state index contributed by atoms with van der Waals surface area (Å²) in [5, 5.41) is 3.86. The number of nitrogens with one attached hydrogen (secondary N) is 1. The Morgan fingerprint density at radius 3 is 2.25 bits per heavy atom. The molecule has 2 aromatic rings. The summed E-state index contributed by atoms with van der Waals surface area (Å²) in [4.78, 5) is 0. The van der Waals surface area contributed by atoms with Crippen molar-refractivity contribution in [2.75, 3.05) is 7.11 Å². The highest BCUT2D eigenvalue weighted by Crippen LogP contribution is 2.61. The van der Waals surface area contributed by atoms with Gasteiger partial charge in [-0.1, -0.05) is 12.1 Å². The summed E-state index contributed by atoms with van der Waals surface area (Å²) in [5.74, 6) is 4.05. The first kappa shape index (κ1) is 22.2. The van der Waals surface area contributed by atoms with E-state index in [1.165, 1.54) is 56.2 Å². The normalized spacial score (nSPS) is 29.2. The molecule has 2 aromatic carbocycles. The number of benzene rings is 2. The van der Waals surface area contributed by atoms with Gasteiger partial charge in [0.05, 0.1) is 11.6 Å². The van der Waals surface area contributed by atoms with Crippen LogP contribution in [0.15, 0.2) is 40.9 Å². The molecule has 0 saturated heterocycles. The maximum Gasteiger partial charge on any atom is 0.175 e. The molecular formula is C27H33BrFNO2. The van der Waals surface area contributed by atoms with Gasteiger partial charge in [0.2, 0.25) is 0 Å². The van der Waals surface area contributed by atoms with E-state index in [0.29, 0.717) is 29.6 Å². The lowest BCUT2D eigenvalue weighted by molar-refractivity contribution is -0.0706. The van der Waals surface area contributed by atoms with E-state index >= 15 is 0 Å². The molecule has 32 heavy (non-hydrogen) atoms. The van der Waals surface area contributed by atoms with Gasteiger partial charge >= 0.3 is 0 Å². The Bertz CT molecular complexity index is 926. The summed E-state index contributed by atoms with van der Waals surface area (Å²) >= 11 is 3.67. The first-order valence-electron chi connectivity index (χ1n) is 11.9. The summed E-state index contributed by atoms with van der Waals surface area (Å²) in [6.45, 7) is 3.58. The Hall–Kier alpha value is -1.59. The number of hydrogen-bond donors (Lipinski definition) is 1. The number of ether oxygens (including phenoxy) is 2. The Balaban J connectivity index is 1.24. The molecule has 0 spiro atoms. The van der Waals surface area contributed by atoms with Crippen LogP contribution in [-0.2, 0) is 13.2 Å². The Morgan fingerprint density at radius 1 is 1.03 bits per heavy atom. The lowest BCUT2D eigenvalue weighted by atomic mass is 9.48. The van der Waals surface area contributed by atoms with E-state index in [-0.39, 0.29) is 5.82 Å². The predicted octanol–water partition coefficient (Wildman–Crippen LogP) is 6.87. The minimum Gasteiger partial charge on any atom is -0.493 e. The van der Waals surface area contributed by atoms with Crippen molar-refractivity contribution in [1.82, 2.24) is 5.32 Å².